The Morgan fingerprint density at radius 3 is 2.92 bits per heavy atom. The Labute approximate surface area is 163 Å². The number of aromatic nitrogens is 2. The van der Waals surface area contributed by atoms with Crippen molar-refractivity contribution in [2.45, 2.75) is 19.4 Å². The number of halogens is 1. The molecular weight excluding hydrogens is 370 g/mol. The second-order valence-corrected chi connectivity index (χ2v) is 6.84. The number of benzene rings is 1. The quantitative estimate of drug-likeness (QED) is 0.446. The lowest BCUT2D eigenvalue weighted by molar-refractivity contribution is 0.196. The van der Waals surface area contributed by atoms with E-state index in [1.54, 1.807) is 13.2 Å². The van der Waals surface area contributed by atoms with Crippen LogP contribution in [0.5, 0.6) is 0 Å². The molecule has 3 rings (SSSR count). The Morgan fingerprint density at radius 1 is 1.31 bits per heavy atom. The highest BCUT2D eigenvalue weighted by Crippen LogP contribution is 2.25. The first-order chi connectivity index (χ1) is 12.7. The summed E-state index contributed by atoms with van der Waals surface area (Å²) in [6.45, 7) is 3.10. The SMILES string of the molecule is COCCCNC(=S)Nc1nc(Cl)cc(N2CCc3ccccc3C2)n1. The van der Waals surface area contributed by atoms with E-state index in [0.717, 1.165) is 38.3 Å². The number of thiocarbonyl (C=S) groups is 1. The number of nitrogens with zero attached hydrogens (tertiary/aromatic N) is 3. The summed E-state index contributed by atoms with van der Waals surface area (Å²) in [5, 5.41) is 6.96. The van der Waals surface area contributed by atoms with Crippen molar-refractivity contribution in [1.82, 2.24) is 15.3 Å². The van der Waals surface area contributed by atoms with Gasteiger partial charge in [-0.1, -0.05) is 35.9 Å². The second kappa shape index (κ2) is 9.12. The van der Waals surface area contributed by atoms with Gasteiger partial charge < -0.3 is 20.3 Å². The van der Waals surface area contributed by atoms with Crippen LogP contribution in [0.25, 0.3) is 0 Å². The average molecular weight is 392 g/mol. The number of hydrogen-bond acceptors (Lipinski definition) is 5. The van der Waals surface area contributed by atoms with Crippen molar-refractivity contribution >= 4 is 40.7 Å². The molecule has 0 atom stereocenters. The summed E-state index contributed by atoms with van der Waals surface area (Å²) < 4.78 is 5.01. The van der Waals surface area contributed by atoms with Gasteiger partial charge in [0.15, 0.2) is 5.11 Å². The van der Waals surface area contributed by atoms with Crippen LogP contribution >= 0.6 is 23.8 Å². The molecule has 2 N–H and O–H groups in total. The van der Waals surface area contributed by atoms with Crippen molar-refractivity contribution in [2.75, 3.05) is 37.0 Å². The first-order valence-electron chi connectivity index (χ1n) is 8.56. The smallest absolute Gasteiger partial charge is 0.232 e. The lowest BCUT2D eigenvalue weighted by Crippen LogP contribution is -2.32. The van der Waals surface area contributed by atoms with E-state index < -0.39 is 0 Å². The molecule has 8 heteroatoms. The first kappa shape index (κ1) is 18.8. The number of hydrogen-bond donors (Lipinski definition) is 2. The third kappa shape index (κ3) is 5.03. The van der Waals surface area contributed by atoms with Crippen molar-refractivity contribution in [3.63, 3.8) is 0 Å². The Bertz CT molecular complexity index is 773. The first-order valence-corrected chi connectivity index (χ1v) is 9.34. The summed E-state index contributed by atoms with van der Waals surface area (Å²) in [6.07, 6.45) is 1.85. The summed E-state index contributed by atoms with van der Waals surface area (Å²) in [7, 11) is 1.68. The minimum absolute atomic E-state index is 0.388. The van der Waals surface area contributed by atoms with E-state index >= 15 is 0 Å². The highest BCUT2D eigenvalue weighted by atomic mass is 35.5. The molecule has 0 saturated carbocycles. The molecule has 2 heterocycles. The summed E-state index contributed by atoms with van der Waals surface area (Å²) in [6, 6.07) is 10.3. The highest BCUT2D eigenvalue weighted by molar-refractivity contribution is 7.80. The molecule has 1 aliphatic rings. The molecule has 2 aromatic rings. The van der Waals surface area contributed by atoms with Gasteiger partial charge in [0.25, 0.3) is 0 Å². The fourth-order valence-electron chi connectivity index (χ4n) is 2.88. The molecule has 0 radical (unpaired) electrons. The maximum atomic E-state index is 6.20. The molecule has 6 nitrogen and oxygen atoms in total. The van der Waals surface area contributed by atoms with Crippen LogP contribution in [0.2, 0.25) is 5.15 Å². The number of methoxy groups -OCH3 is 1. The highest BCUT2D eigenvalue weighted by Gasteiger charge is 2.18. The third-order valence-electron chi connectivity index (χ3n) is 4.17. The summed E-state index contributed by atoms with van der Waals surface area (Å²) in [5.41, 5.74) is 2.71. The Kier molecular flexibility index (Phi) is 6.60. The van der Waals surface area contributed by atoms with E-state index in [0.29, 0.717) is 22.8 Å². The van der Waals surface area contributed by atoms with Crippen molar-refractivity contribution in [1.29, 1.82) is 0 Å². The van der Waals surface area contributed by atoms with Crippen LogP contribution in [-0.2, 0) is 17.7 Å². The molecule has 138 valence electrons. The molecule has 1 aromatic carbocycles. The topological polar surface area (TPSA) is 62.3 Å². The van der Waals surface area contributed by atoms with Crippen molar-refractivity contribution in [2.24, 2.45) is 0 Å². The summed E-state index contributed by atoms with van der Waals surface area (Å²) in [4.78, 5) is 11.0. The van der Waals surface area contributed by atoms with Gasteiger partial charge in [-0.15, -0.1) is 0 Å². The largest absolute Gasteiger partial charge is 0.385 e. The number of anilines is 2. The molecular formula is C18H22ClN5OS. The van der Waals surface area contributed by atoms with Crippen molar-refractivity contribution < 1.29 is 4.74 Å². The molecule has 0 amide bonds. The normalized spacial score (nSPS) is 13.2. The van der Waals surface area contributed by atoms with E-state index in [1.807, 2.05) is 0 Å². The predicted octanol–water partition coefficient (Wildman–Crippen LogP) is 3.02. The fraction of sp³-hybridized carbons (Fsp3) is 0.389. The standard InChI is InChI=1S/C18H22ClN5OS/c1-25-10-4-8-20-18(26)23-17-21-15(19)11-16(22-17)24-9-7-13-5-2-3-6-14(13)12-24/h2-3,5-6,11H,4,7-10,12H2,1H3,(H2,20,21,22,23,26). The van der Waals surface area contributed by atoms with Gasteiger partial charge in [-0.25, -0.2) is 4.98 Å². The van der Waals surface area contributed by atoms with E-state index in [-0.39, 0.29) is 0 Å². The lowest BCUT2D eigenvalue weighted by atomic mass is 10.00. The van der Waals surface area contributed by atoms with Crippen LogP contribution in [-0.4, -0.2) is 41.9 Å². The number of rotatable bonds is 6. The zero-order valence-electron chi connectivity index (χ0n) is 14.7. The Hall–Kier alpha value is -1.96. The molecule has 1 aliphatic heterocycles. The van der Waals surface area contributed by atoms with Crippen LogP contribution in [0.1, 0.15) is 17.5 Å². The molecule has 0 aliphatic carbocycles. The maximum absolute atomic E-state index is 6.20. The van der Waals surface area contributed by atoms with Crippen LogP contribution in [0, 0.1) is 0 Å². The average Bonchev–Trinajstić information content (AvgIpc) is 2.64. The van der Waals surface area contributed by atoms with E-state index in [1.165, 1.54) is 11.1 Å². The van der Waals surface area contributed by atoms with Gasteiger partial charge in [0.2, 0.25) is 5.95 Å². The molecule has 0 bridgehead atoms. The van der Waals surface area contributed by atoms with Gasteiger partial charge in [0.1, 0.15) is 11.0 Å². The zero-order valence-corrected chi connectivity index (χ0v) is 16.2. The fourth-order valence-corrected chi connectivity index (χ4v) is 3.25. The van der Waals surface area contributed by atoms with Gasteiger partial charge in [0, 0.05) is 39.4 Å². The van der Waals surface area contributed by atoms with Crippen LogP contribution in [0.3, 0.4) is 0 Å². The monoisotopic (exact) mass is 391 g/mol. The molecule has 0 spiro atoms. The molecule has 0 fully saturated rings. The molecule has 26 heavy (non-hydrogen) atoms. The van der Waals surface area contributed by atoms with Gasteiger partial charge in [-0.3, -0.25) is 0 Å². The van der Waals surface area contributed by atoms with Gasteiger partial charge in [-0.05, 0) is 36.2 Å². The number of fused-ring (bicyclic) bond motifs is 1. The minimum atomic E-state index is 0.388. The lowest BCUT2D eigenvalue weighted by Gasteiger charge is -2.30. The predicted molar refractivity (Wildman–Crippen MR) is 109 cm³/mol. The summed E-state index contributed by atoms with van der Waals surface area (Å²) in [5.74, 6) is 1.19. The van der Waals surface area contributed by atoms with Gasteiger partial charge in [0.05, 0.1) is 0 Å². The van der Waals surface area contributed by atoms with Crippen molar-refractivity contribution in [3.05, 3.63) is 46.6 Å². The summed E-state index contributed by atoms with van der Waals surface area (Å²) >= 11 is 11.5. The van der Waals surface area contributed by atoms with Crippen LogP contribution in [0.4, 0.5) is 11.8 Å². The minimum Gasteiger partial charge on any atom is -0.385 e. The Morgan fingerprint density at radius 2 is 2.12 bits per heavy atom. The van der Waals surface area contributed by atoms with E-state index in [9.17, 15) is 0 Å². The van der Waals surface area contributed by atoms with Gasteiger partial charge >= 0.3 is 0 Å². The zero-order chi connectivity index (χ0) is 18.4. The van der Waals surface area contributed by atoms with E-state index in [2.05, 4.69) is 49.8 Å². The molecule has 0 saturated heterocycles. The number of nitrogens with one attached hydrogen (secondary N) is 2. The molecule has 0 unspecified atom stereocenters. The van der Waals surface area contributed by atoms with Gasteiger partial charge in [-0.2, -0.15) is 4.98 Å². The number of ether oxygens (including phenoxy) is 1. The van der Waals surface area contributed by atoms with E-state index in [4.69, 9.17) is 28.6 Å². The van der Waals surface area contributed by atoms with Crippen LogP contribution in [0.15, 0.2) is 30.3 Å². The Balaban J connectivity index is 1.65. The second-order valence-electron chi connectivity index (χ2n) is 6.04. The molecule has 1 aromatic heterocycles. The third-order valence-corrected chi connectivity index (χ3v) is 4.61. The maximum Gasteiger partial charge on any atom is 0.232 e. The van der Waals surface area contributed by atoms with Crippen molar-refractivity contribution in [3.8, 4) is 0 Å². The van der Waals surface area contributed by atoms with Crippen LogP contribution < -0.4 is 15.5 Å².